The zero-order chi connectivity index (χ0) is 15.5. The van der Waals surface area contributed by atoms with E-state index >= 15 is 0 Å². The standard InChI is InChI=1S/C18H20N4S/c1-3-14-5-2-8-19-17(14)15(4-1)13-21-16-6-10-22(11-7-16)18-20-9-12-23-18/h1-5,8-9,12,16,21H,6-7,10-11,13H2. The number of benzene rings is 1. The highest BCUT2D eigenvalue weighted by molar-refractivity contribution is 7.13. The minimum atomic E-state index is 0.574. The van der Waals surface area contributed by atoms with E-state index in [9.17, 15) is 0 Å². The Morgan fingerprint density at radius 1 is 1.09 bits per heavy atom. The summed E-state index contributed by atoms with van der Waals surface area (Å²) >= 11 is 1.73. The van der Waals surface area contributed by atoms with Gasteiger partial charge in [-0.2, -0.15) is 0 Å². The lowest BCUT2D eigenvalue weighted by molar-refractivity contribution is 0.414. The minimum absolute atomic E-state index is 0.574. The Hall–Kier alpha value is -1.98. The highest BCUT2D eigenvalue weighted by Crippen LogP contribution is 2.22. The van der Waals surface area contributed by atoms with Gasteiger partial charge in [-0.05, 0) is 24.5 Å². The first-order chi connectivity index (χ1) is 11.4. The van der Waals surface area contributed by atoms with Crippen molar-refractivity contribution in [3.8, 4) is 0 Å². The third-order valence-corrected chi connectivity index (χ3v) is 5.31. The molecule has 0 bridgehead atoms. The van der Waals surface area contributed by atoms with Crippen LogP contribution in [0.1, 0.15) is 18.4 Å². The topological polar surface area (TPSA) is 41.1 Å². The van der Waals surface area contributed by atoms with Crippen molar-refractivity contribution in [1.82, 2.24) is 15.3 Å². The molecule has 1 aliphatic heterocycles. The van der Waals surface area contributed by atoms with Crippen LogP contribution >= 0.6 is 11.3 Å². The smallest absolute Gasteiger partial charge is 0.185 e. The predicted octanol–water partition coefficient (Wildman–Crippen LogP) is 3.45. The Morgan fingerprint density at radius 2 is 1.96 bits per heavy atom. The Balaban J connectivity index is 1.36. The zero-order valence-electron chi connectivity index (χ0n) is 13.0. The fraction of sp³-hybridized carbons (Fsp3) is 0.333. The summed E-state index contributed by atoms with van der Waals surface area (Å²) in [6, 6.07) is 11.1. The summed E-state index contributed by atoms with van der Waals surface area (Å²) in [4.78, 5) is 11.3. The monoisotopic (exact) mass is 324 g/mol. The van der Waals surface area contributed by atoms with E-state index in [0.717, 1.165) is 43.1 Å². The lowest BCUT2D eigenvalue weighted by Crippen LogP contribution is -2.42. The van der Waals surface area contributed by atoms with Crippen molar-refractivity contribution in [3.63, 3.8) is 0 Å². The van der Waals surface area contributed by atoms with Gasteiger partial charge in [-0.3, -0.25) is 4.98 Å². The van der Waals surface area contributed by atoms with Gasteiger partial charge >= 0.3 is 0 Å². The van der Waals surface area contributed by atoms with E-state index in [-0.39, 0.29) is 0 Å². The van der Waals surface area contributed by atoms with Crippen molar-refractivity contribution >= 4 is 27.4 Å². The molecular formula is C18H20N4S. The van der Waals surface area contributed by atoms with Crippen LogP contribution in [0.3, 0.4) is 0 Å². The van der Waals surface area contributed by atoms with Crippen LogP contribution in [0.15, 0.2) is 48.1 Å². The molecule has 0 unspecified atom stereocenters. The maximum absolute atomic E-state index is 4.54. The molecule has 118 valence electrons. The second kappa shape index (κ2) is 6.64. The van der Waals surface area contributed by atoms with Gasteiger partial charge in [-0.15, -0.1) is 11.3 Å². The van der Waals surface area contributed by atoms with Gasteiger partial charge in [-0.25, -0.2) is 4.98 Å². The largest absolute Gasteiger partial charge is 0.348 e. The maximum Gasteiger partial charge on any atom is 0.185 e. The summed E-state index contributed by atoms with van der Waals surface area (Å²) in [6.07, 6.45) is 6.09. The van der Waals surface area contributed by atoms with Crippen LogP contribution < -0.4 is 10.2 Å². The molecular weight excluding hydrogens is 304 g/mol. The third kappa shape index (κ3) is 3.21. The molecule has 1 N–H and O–H groups in total. The number of thiazole rings is 1. The fourth-order valence-corrected chi connectivity index (χ4v) is 3.91. The van der Waals surface area contributed by atoms with Gasteiger partial charge in [0, 0.05) is 48.8 Å². The molecule has 1 aromatic carbocycles. The molecule has 0 aliphatic carbocycles. The number of nitrogens with one attached hydrogen (secondary N) is 1. The number of rotatable bonds is 4. The van der Waals surface area contributed by atoms with Crippen molar-refractivity contribution in [2.45, 2.75) is 25.4 Å². The molecule has 0 saturated carbocycles. The fourth-order valence-electron chi connectivity index (χ4n) is 3.21. The average molecular weight is 324 g/mol. The summed E-state index contributed by atoms with van der Waals surface area (Å²) < 4.78 is 0. The summed E-state index contributed by atoms with van der Waals surface area (Å²) in [5.74, 6) is 0. The minimum Gasteiger partial charge on any atom is -0.348 e. The molecule has 0 atom stereocenters. The lowest BCUT2D eigenvalue weighted by Gasteiger charge is -2.32. The van der Waals surface area contributed by atoms with Gasteiger partial charge in [0.2, 0.25) is 0 Å². The first-order valence-electron chi connectivity index (χ1n) is 8.10. The van der Waals surface area contributed by atoms with Gasteiger partial charge in [0.25, 0.3) is 0 Å². The average Bonchev–Trinajstić information content (AvgIpc) is 3.15. The highest BCUT2D eigenvalue weighted by atomic mass is 32.1. The van der Waals surface area contributed by atoms with E-state index in [1.54, 1.807) is 11.3 Å². The van der Waals surface area contributed by atoms with Crippen molar-refractivity contribution < 1.29 is 0 Å². The summed E-state index contributed by atoms with van der Waals surface area (Å²) in [6.45, 7) is 3.05. The second-order valence-electron chi connectivity index (χ2n) is 5.95. The van der Waals surface area contributed by atoms with Crippen molar-refractivity contribution in [2.24, 2.45) is 0 Å². The van der Waals surface area contributed by atoms with E-state index in [0.29, 0.717) is 6.04 Å². The zero-order valence-corrected chi connectivity index (χ0v) is 13.8. The number of anilines is 1. The van der Waals surface area contributed by atoms with E-state index in [1.807, 2.05) is 23.8 Å². The normalized spacial score (nSPS) is 16.1. The number of hydrogen-bond acceptors (Lipinski definition) is 5. The van der Waals surface area contributed by atoms with Crippen LogP contribution in [0.25, 0.3) is 10.9 Å². The first kappa shape index (κ1) is 14.6. The van der Waals surface area contributed by atoms with Crippen LogP contribution in [0.4, 0.5) is 5.13 Å². The molecule has 5 heteroatoms. The van der Waals surface area contributed by atoms with Gasteiger partial charge in [0.15, 0.2) is 5.13 Å². The molecule has 1 aliphatic rings. The van der Waals surface area contributed by atoms with Crippen LogP contribution in [-0.2, 0) is 6.54 Å². The number of nitrogens with zero attached hydrogens (tertiary/aromatic N) is 3. The van der Waals surface area contributed by atoms with E-state index in [2.05, 4.69) is 44.5 Å². The molecule has 1 fully saturated rings. The molecule has 0 radical (unpaired) electrons. The first-order valence-corrected chi connectivity index (χ1v) is 8.98. The van der Waals surface area contributed by atoms with Gasteiger partial charge in [-0.1, -0.05) is 24.3 Å². The van der Waals surface area contributed by atoms with Gasteiger partial charge in [0.1, 0.15) is 0 Å². The Labute approximate surface area is 140 Å². The lowest BCUT2D eigenvalue weighted by atomic mass is 10.0. The number of fused-ring (bicyclic) bond motifs is 1. The number of piperidine rings is 1. The highest BCUT2D eigenvalue weighted by Gasteiger charge is 2.20. The summed E-state index contributed by atoms with van der Waals surface area (Å²) in [7, 11) is 0. The van der Waals surface area contributed by atoms with Crippen LogP contribution in [0.2, 0.25) is 0 Å². The second-order valence-corrected chi connectivity index (χ2v) is 6.82. The predicted molar refractivity (Wildman–Crippen MR) is 95.9 cm³/mol. The van der Waals surface area contributed by atoms with Crippen molar-refractivity contribution in [2.75, 3.05) is 18.0 Å². The number of pyridine rings is 1. The van der Waals surface area contributed by atoms with Crippen LogP contribution in [-0.4, -0.2) is 29.1 Å². The molecule has 1 saturated heterocycles. The third-order valence-electron chi connectivity index (χ3n) is 4.48. The maximum atomic E-state index is 4.54. The van der Waals surface area contributed by atoms with Crippen LogP contribution in [0.5, 0.6) is 0 Å². The molecule has 0 amide bonds. The van der Waals surface area contributed by atoms with Crippen LogP contribution in [0, 0.1) is 0 Å². The van der Waals surface area contributed by atoms with Crippen molar-refractivity contribution in [1.29, 1.82) is 0 Å². The molecule has 23 heavy (non-hydrogen) atoms. The molecule has 4 rings (SSSR count). The summed E-state index contributed by atoms with van der Waals surface area (Å²) in [5, 5.41) is 8.13. The van der Waals surface area contributed by atoms with E-state index < -0.39 is 0 Å². The van der Waals surface area contributed by atoms with Crippen molar-refractivity contribution in [3.05, 3.63) is 53.7 Å². The summed E-state index contributed by atoms with van der Waals surface area (Å²) in [5.41, 5.74) is 2.40. The SMILES string of the molecule is c1cnc2c(CNC3CCN(c4nccs4)CC3)cccc2c1. The quantitative estimate of drug-likeness (QED) is 0.798. The Bertz CT molecular complexity index is 758. The molecule has 4 nitrogen and oxygen atoms in total. The van der Waals surface area contributed by atoms with E-state index in [4.69, 9.17) is 0 Å². The Morgan fingerprint density at radius 3 is 2.78 bits per heavy atom. The van der Waals surface area contributed by atoms with Gasteiger partial charge < -0.3 is 10.2 Å². The molecule has 2 aromatic heterocycles. The Kier molecular flexibility index (Phi) is 4.22. The van der Waals surface area contributed by atoms with E-state index in [1.165, 1.54) is 10.9 Å². The molecule has 3 heterocycles. The number of para-hydroxylation sites is 1. The van der Waals surface area contributed by atoms with Gasteiger partial charge in [0.05, 0.1) is 5.52 Å². The number of aromatic nitrogens is 2. The number of hydrogen-bond donors (Lipinski definition) is 1. The molecule has 3 aromatic rings. The molecule has 0 spiro atoms.